The van der Waals surface area contributed by atoms with E-state index in [-0.39, 0.29) is 11.7 Å². The van der Waals surface area contributed by atoms with E-state index in [4.69, 9.17) is 4.42 Å². The quantitative estimate of drug-likeness (QED) is 0.550. The first kappa shape index (κ1) is 15.3. The second-order valence-electron chi connectivity index (χ2n) is 5.09. The summed E-state index contributed by atoms with van der Waals surface area (Å²) < 4.78 is 7.07. The molecule has 0 radical (unpaired) electrons. The third-order valence-electron chi connectivity index (χ3n) is 3.43. The van der Waals surface area contributed by atoms with Crippen molar-refractivity contribution in [3.8, 4) is 11.5 Å². The summed E-state index contributed by atoms with van der Waals surface area (Å²) in [6.07, 6.45) is 2.79. The molecule has 4 rings (SSSR count). The Labute approximate surface area is 146 Å². The van der Waals surface area contributed by atoms with Crippen molar-refractivity contribution in [3.63, 3.8) is 0 Å². The molecule has 0 atom stereocenters. The summed E-state index contributed by atoms with van der Waals surface area (Å²) in [4.78, 5) is 11.8. The maximum atomic E-state index is 11.8. The van der Waals surface area contributed by atoms with Crippen molar-refractivity contribution in [2.75, 3.05) is 11.2 Å². The van der Waals surface area contributed by atoms with Crippen molar-refractivity contribution in [3.05, 3.63) is 55.1 Å². The molecule has 2 heterocycles. The minimum absolute atomic E-state index is 0.134. The van der Waals surface area contributed by atoms with Crippen molar-refractivity contribution >= 4 is 28.4 Å². The molecule has 0 saturated carbocycles. The van der Waals surface area contributed by atoms with E-state index in [1.807, 2.05) is 42.5 Å². The first-order chi connectivity index (χ1) is 12.3. The smallest absolute Gasteiger partial charge is 0.277 e. The Hall–Kier alpha value is -3.20. The van der Waals surface area contributed by atoms with Crippen LogP contribution in [0.15, 0.2) is 64.8 Å². The second-order valence-corrected chi connectivity index (χ2v) is 6.02. The Morgan fingerprint density at radius 3 is 2.76 bits per heavy atom. The number of nitrogens with one attached hydrogen (secondary N) is 1. The Morgan fingerprint density at radius 2 is 1.88 bits per heavy atom. The number of amides is 1. The lowest BCUT2D eigenvalue weighted by atomic mass is 10.0. The van der Waals surface area contributed by atoms with Crippen LogP contribution in [-0.4, -0.2) is 36.7 Å². The highest BCUT2D eigenvalue weighted by Crippen LogP contribution is 2.29. The molecule has 9 heteroatoms. The maximum Gasteiger partial charge on any atom is 0.277 e. The van der Waals surface area contributed by atoms with Crippen molar-refractivity contribution in [2.45, 2.75) is 5.22 Å². The summed E-state index contributed by atoms with van der Waals surface area (Å²) in [6.45, 7) is 0. The number of benzene rings is 2. The number of aromatic nitrogens is 5. The van der Waals surface area contributed by atoms with Crippen LogP contribution in [0, 0.1) is 0 Å². The first-order valence-electron chi connectivity index (χ1n) is 7.38. The van der Waals surface area contributed by atoms with E-state index in [0.29, 0.717) is 11.1 Å². The molecule has 2 aromatic heterocycles. The fraction of sp³-hybridized carbons (Fsp3) is 0.0625. The van der Waals surface area contributed by atoms with E-state index in [9.17, 15) is 4.79 Å². The summed E-state index contributed by atoms with van der Waals surface area (Å²) >= 11 is 1.16. The fourth-order valence-electron chi connectivity index (χ4n) is 2.35. The summed E-state index contributed by atoms with van der Waals surface area (Å²) in [7, 11) is 0. The third kappa shape index (κ3) is 3.36. The molecule has 0 saturated heterocycles. The van der Waals surface area contributed by atoms with Crippen LogP contribution in [0.3, 0.4) is 0 Å². The molecule has 0 aliphatic heterocycles. The molecule has 124 valence electrons. The van der Waals surface area contributed by atoms with E-state index in [1.54, 1.807) is 0 Å². The molecule has 25 heavy (non-hydrogen) atoms. The molecule has 0 unspecified atom stereocenters. The van der Waals surface area contributed by atoms with Gasteiger partial charge in [-0.3, -0.25) is 10.2 Å². The predicted octanol–water partition coefficient (Wildman–Crippen LogP) is 2.34. The van der Waals surface area contributed by atoms with Crippen LogP contribution in [0.1, 0.15) is 0 Å². The number of fused-ring (bicyclic) bond motifs is 1. The molecule has 4 aromatic rings. The SMILES string of the molecule is O=C(CSc1nnc(-c2cccc3ccccc23)o1)Nn1cnnc1. The summed E-state index contributed by atoms with van der Waals surface area (Å²) in [5.41, 5.74) is 3.46. The average Bonchev–Trinajstić information content (AvgIpc) is 3.31. The van der Waals surface area contributed by atoms with Crippen LogP contribution < -0.4 is 5.43 Å². The van der Waals surface area contributed by atoms with E-state index in [1.165, 1.54) is 17.3 Å². The zero-order valence-corrected chi connectivity index (χ0v) is 13.7. The highest BCUT2D eigenvalue weighted by atomic mass is 32.2. The van der Waals surface area contributed by atoms with Crippen LogP contribution in [0.25, 0.3) is 22.2 Å². The van der Waals surface area contributed by atoms with Gasteiger partial charge in [-0.1, -0.05) is 48.2 Å². The van der Waals surface area contributed by atoms with E-state index in [0.717, 1.165) is 28.1 Å². The standard InChI is InChI=1S/C16H12N6O2S/c23-14(21-22-9-17-18-10-22)8-25-16-20-19-15(24-16)13-7-3-5-11-4-1-2-6-12(11)13/h1-7,9-10H,8H2,(H,21,23). The van der Waals surface area contributed by atoms with E-state index >= 15 is 0 Å². The van der Waals surface area contributed by atoms with Crippen molar-refractivity contribution in [1.82, 2.24) is 25.1 Å². The number of carbonyl (C=O) groups excluding carboxylic acids is 1. The molecular formula is C16H12N6O2S. The zero-order valence-electron chi connectivity index (χ0n) is 12.9. The zero-order chi connectivity index (χ0) is 17.1. The van der Waals surface area contributed by atoms with Gasteiger partial charge in [0.1, 0.15) is 12.7 Å². The van der Waals surface area contributed by atoms with Gasteiger partial charge in [0.05, 0.1) is 5.75 Å². The number of thioether (sulfide) groups is 1. The molecule has 1 amide bonds. The normalized spacial score (nSPS) is 10.9. The summed E-state index contributed by atoms with van der Waals surface area (Å²) in [5.74, 6) is 0.336. The van der Waals surface area contributed by atoms with Gasteiger partial charge >= 0.3 is 0 Å². The Morgan fingerprint density at radius 1 is 1.08 bits per heavy atom. The van der Waals surface area contributed by atoms with Crippen LogP contribution >= 0.6 is 11.8 Å². The third-order valence-corrected chi connectivity index (χ3v) is 4.24. The summed E-state index contributed by atoms with van der Waals surface area (Å²) in [5, 5.41) is 17.8. The first-order valence-corrected chi connectivity index (χ1v) is 8.37. The van der Waals surface area contributed by atoms with Gasteiger partial charge in [-0.05, 0) is 16.8 Å². The highest BCUT2D eigenvalue weighted by molar-refractivity contribution is 7.99. The number of carbonyl (C=O) groups is 1. The molecule has 0 bridgehead atoms. The fourth-order valence-corrected chi connectivity index (χ4v) is 2.91. The Bertz CT molecular complexity index is 1010. The second kappa shape index (κ2) is 6.73. The lowest BCUT2D eigenvalue weighted by molar-refractivity contribution is -0.114. The van der Waals surface area contributed by atoms with Gasteiger partial charge < -0.3 is 4.42 Å². The van der Waals surface area contributed by atoms with Gasteiger partial charge in [-0.25, -0.2) is 4.68 Å². The largest absolute Gasteiger partial charge is 0.411 e. The Balaban J connectivity index is 1.47. The van der Waals surface area contributed by atoms with Crippen LogP contribution in [0.4, 0.5) is 0 Å². The molecule has 2 aromatic carbocycles. The van der Waals surface area contributed by atoms with Crippen LogP contribution in [-0.2, 0) is 4.79 Å². The molecule has 0 spiro atoms. The van der Waals surface area contributed by atoms with Crippen LogP contribution in [0.2, 0.25) is 0 Å². The predicted molar refractivity (Wildman–Crippen MR) is 92.4 cm³/mol. The van der Waals surface area contributed by atoms with Gasteiger partial charge in [-0.2, -0.15) is 0 Å². The maximum absolute atomic E-state index is 11.8. The van der Waals surface area contributed by atoms with Crippen LogP contribution in [0.5, 0.6) is 0 Å². The molecule has 0 fully saturated rings. The minimum atomic E-state index is -0.227. The number of hydrogen-bond acceptors (Lipinski definition) is 7. The molecule has 1 N–H and O–H groups in total. The van der Waals surface area contributed by atoms with Crippen molar-refractivity contribution < 1.29 is 9.21 Å². The molecular weight excluding hydrogens is 340 g/mol. The Kier molecular flexibility index (Phi) is 4.13. The highest BCUT2D eigenvalue weighted by Gasteiger charge is 2.13. The monoisotopic (exact) mass is 352 g/mol. The lowest BCUT2D eigenvalue weighted by Gasteiger charge is -2.02. The van der Waals surface area contributed by atoms with Gasteiger partial charge in [0, 0.05) is 5.56 Å². The number of rotatable bonds is 5. The van der Waals surface area contributed by atoms with E-state index in [2.05, 4.69) is 25.8 Å². The molecule has 0 aliphatic carbocycles. The number of nitrogens with zero attached hydrogens (tertiary/aromatic N) is 5. The molecule has 8 nitrogen and oxygen atoms in total. The molecule has 0 aliphatic rings. The van der Waals surface area contributed by atoms with E-state index < -0.39 is 0 Å². The minimum Gasteiger partial charge on any atom is -0.411 e. The number of hydrogen-bond donors (Lipinski definition) is 1. The van der Waals surface area contributed by atoms with Crippen molar-refractivity contribution in [1.29, 1.82) is 0 Å². The lowest BCUT2D eigenvalue weighted by Crippen LogP contribution is -2.23. The summed E-state index contributed by atoms with van der Waals surface area (Å²) in [6, 6.07) is 13.9. The topological polar surface area (TPSA) is 98.7 Å². The average molecular weight is 352 g/mol. The van der Waals surface area contributed by atoms with Gasteiger partial charge in [0.2, 0.25) is 11.8 Å². The van der Waals surface area contributed by atoms with Crippen molar-refractivity contribution in [2.24, 2.45) is 0 Å². The van der Waals surface area contributed by atoms with Gasteiger partial charge in [0.15, 0.2) is 0 Å². The van der Waals surface area contributed by atoms with Gasteiger partial charge in [0.25, 0.3) is 5.22 Å². The van der Waals surface area contributed by atoms with Gasteiger partial charge in [-0.15, -0.1) is 20.4 Å².